The Morgan fingerprint density at radius 2 is 1.54 bits per heavy atom. The highest BCUT2D eigenvalue weighted by Crippen LogP contribution is 2.24. The van der Waals surface area contributed by atoms with Crippen LogP contribution in [0.5, 0.6) is 0 Å². The summed E-state index contributed by atoms with van der Waals surface area (Å²) < 4.78 is 26.9. The minimum Gasteiger partial charge on any atom is -0.352 e. The van der Waals surface area contributed by atoms with Gasteiger partial charge in [-0.1, -0.05) is 79.2 Å². The van der Waals surface area contributed by atoms with Crippen LogP contribution >= 0.6 is 11.6 Å². The van der Waals surface area contributed by atoms with Crippen LogP contribution in [-0.4, -0.2) is 50.0 Å². The van der Waals surface area contributed by atoms with Gasteiger partial charge in [-0.3, -0.25) is 13.9 Å². The first-order valence-electron chi connectivity index (χ1n) is 12.9. The molecule has 9 heteroatoms. The molecule has 0 aliphatic heterocycles. The van der Waals surface area contributed by atoms with Crippen molar-refractivity contribution in [3.05, 3.63) is 101 Å². The first kappa shape index (κ1) is 30.2. The minimum absolute atomic E-state index is 0.0947. The third-order valence-electron chi connectivity index (χ3n) is 6.60. The van der Waals surface area contributed by atoms with Crippen LogP contribution in [0.1, 0.15) is 37.0 Å². The Hall–Kier alpha value is -3.36. The normalized spacial score (nSPS) is 12.8. The Bertz CT molecular complexity index is 1360. The maximum atomic E-state index is 14.1. The van der Waals surface area contributed by atoms with Crippen LogP contribution in [0, 0.1) is 6.92 Å². The van der Waals surface area contributed by atoms with E-state index in [4.69, 9.17) is 11.6 Å². The molecule has 3 aromatic carbocycles. The van der Waals surface area contributed by atoms with E-state index in [0.29, 0.717) is 10.7 Å². The molecule has 0 saturated carbocycles. The maximum Gasteiger partial charge on any atom is 0.244 e. The standard InChI is InChI=1S/C30H36ClN3O4S/c1-5-23(3)32-30(36)28(19-24-12-7-6-8-13-24)33(20-25-15-17-26(31)18-16-25)29(35)21-34(39(4,37)38)27-14-10-9-11-22(27)2/h6-18,23,28H,5,19-21H2,1-4H3,(H,32,36)/t23-,28-/m1/s1. The largest absolute Gasteiger partial charge is 0.352 e. The predicted octanol–water partition coefficient (Wildman–Crippen LogP) is 4.97. The molecule has 0 saturated heterocycles. The number of halogens is 1. The molecule has 0 heterocycles. The van der Waals surface area contributed by atoms with Gasteiger partial charge in [0.05, 0.1) is 11.9 Å². The fourth-order valence-corrected chi connectivity index (χ4v) is 5.25. The van der Waals surface area contributed by atoms with Crippen molar-refractivity contribution < 1.29 is 18.0 Å². The minimum atomic E-state index is -3.81. The first-order chi connectivity index (χ1) is 18.5. The summed E-state index contributed by atoms with van der Waals surface area (Å²) in [4.78, 5) is 29.2. The van der Waals surface area contributed by atoms with Crippen LogP contribution in [0.15, 0.2) is 78.9 Å². The third kappa shape index (κ3) is 8.57. The van der Waals surface area contributed by atoms with Crippen LogP contribution in [0.4, 0.5) is 5.69 Å². The number of para-hydroxylation sites is 1. The molecule has 39 heavy (non-hydrogen) atoms. The summed E-state index contributed by atoms with van der Waals surface area (Å²) in [6, 6.07) is 22.5. The number of aryl methyl sites for hydroxylation is 1. The summed E-state index contributed by atoms with van der Waals surface area (Å²) in [6.07, 6.45) is 2.07. The second kappa shape index (κ2) is 13.6. The fourth-order valence-electron chi connectivity index (χ4n) is 4.22. The van der Waals surface area contributed by atoms with Gasteiger partial charge in [0.15, 0.2) is 0 Å². The van der Waals surface area contributed by atoms with Crippen molar-refractivity contribution in [1.29, 1.82) is 0 Å². The number of rotatable bonds is 12. The van der Waals surface area contributed by atoms with Crippen molar-refractivity contribution in [1.82, 2.24) is 10.2 Å². The topological polar surface area (TPSA) is 86.8 Å². The van der Waals surface area contributed by atoms with Gasteiger partial charge >= 0.3 is 0 Å². The van der Waals surface area contributed by atoms with Gasteiger partial charge < -0.3 is 10.2 Å². The summed E-state index contributed by atoms with van der Waals surface area (Å²) in [5.41, 5.74) is 2.79. The lowest BCUT2D eigenvalue weighted by Crippen LogP contribution is -2.54. The summed E-state index contributed by atoms with van der Waals surface area (Å²) in [7, 11) is -3.81. The lowest BCUT2D eigenvalue weighted by Gasteiger charge is -2.34. The Morgan fingerprint density at radius 1 is 0.923 bits per heavy atom. The number of hydrogen-bond acceptors (Lipinski definition) is 4. The lowest BCUT2D eigenvalue weighted by atomic mass is 10.0. The summed E-state index contributed by atoms with van der Waals surface area (Å²) in [5.74, 6) is -0.781. The van der Waals surface area contributed by atoms with Crippen molar-refractivity contribution in [3.63, 3.8) is 0 Å². The zero-order valence-electron chi connectivity index (χ0n) is 22.8. The highest BCUT2D eigenvalue weighted by molar-refractivity contribution is 7.92. The molecule has 3 aromatic rings. The SMILES string of the molecule is CC[C@@H](C)NC(=O)[C@@H](Cc1ccccc1)N(Cc1ccc(Cl)cc1)C(=O)CN(c1ccccc1C)S(C)(=O)=O. The van der Waals surface area contributed by atoms with Gasteiger partial charge in [-0.25, -0.2) is 8.42 Å². The van der Waals surface area contributed by atoms with E-state index >= 15 is 0 Å². The number of nitrogens with zero attached hydrogens (tertiary/aromatic N) is 2. The lowest BCUT2D eigenvalue weighted by molar-refractivity contribution is -0.140. The van der Waals surface area contributed by atoms with Gasteiger partial charge in [0.2, 0.25) is 21.8 Å². The number of nitrogens with one attached hydrogen (secondary N) is 1. The molecule has 1 N–H and O–H groups in total. The van der Waals surface area contributed by atoms with Crippen molar-refractivity contribution in [2.24, 2.45) is 0 Å². The Morgan fingerprint density at radius 3 is 2.13 bits per heavy atom. The number of hydrogen-bond donors (Lipinski definition) is 1. The van der Waals surface area contributed by atoms with E-state index in [0.717, 1.165) is 33.7 Å². The van der Waals surface area contributed by atoms with E-state index in [1.54, 1.807) is 49.4 Å². The number of sulfonamides is 1. The zero-order chi connectivity index (χ0) is 28.6. The monoisotopic (exact) mass is 569 g/mol. The van der Waals surface area contributed by atoms with Crippen LogP contribution in [0.2, 0.25) is 5.02 Å². The number of carbonyl (C=O) groups is 2. The molecule has 0 aliphatic carbocycles. The smallest absolute Gasteiger partial charge is 0.244 e. The van der Waals surface area contributed by atoms with Crippen molar-refractivity contribution in [2.45, 2.75) is 52.2 Å². The van der Waals surface area contributed by atoms with Gasteiger partial charge in [0, 0.05) is 24.0 Å². The maximum absolute atomic E-state index is 14.1. The van der Waals surface area contributed by atoms with E-state index in [9.17, 15) is 18.0 Å². The quantitative estimate of drug-likeness (QED) is 0.334. The van der Waals surface area contributed by atoms with Crippen molar-refractivity contribution >= 4 is 39.1 Å². The number of amides is 2. The highest BCUT2D eigenvalue weighted by atomic mass is 35.5. The molecule has 0 radical (unpaired) electrons. The Kier molecular flexibility index (Phi) is 10.5. The Labute approximate surface area is 236 Å². The third-order valence-corrected chi connectivity index (χ3v) is 7.98. The van der Waals surface area contributed by atoms with Crippen molar-refractivity contribution in [3.8, 4) is 0 Å². The molecule has 0 spiro atoms. The van der Waals surface area contributed by atoms with E-state index in [-0.39, 0.29) is 24.9 Å². The Balaban J connectivity index is 2.06. The highest BCUT2D eigenvalue weighted by Gasteiger charge is 2.33. The first-order valence-corrected chi connectivity index (χ1v) is 15.1. The zero-order valence-corrected chi connectivity index (χ0v) is 24.4. The average molecular weight is 570 g/mol. The number of anilines is 1. The molecule has 3 rings (SSSR count). The molecule has 0 fully saturated rings. The molecule has 2 amide bonds. The molecular formula is C30H36ClN3O4S. The van der Waals surface area contributed by atoms with Crippen LogP contribution in [-0.2, 0) is 32.6 Å². The predicted molar refractivity (Wildman–Crippen MR) is 157 cm³/mol. The number of benzene rings is 3. The molecule has 0 unspecified atom stereocenters. The second-order valence-corrected chi connectivity index (χ2v) is 12.1. The van der Waals surface area contributed by atoms with Crippen LogP contribution < -0.4 is 9.62 Å². The molecule has 0 aliphatic rings. The van der Waals surface area contributed by atoms with Gasteiger partial charge in [0.1, 0.15) is 12.6 Å². The van der Waals surface area contributed by atoms with Gasteiger partial charge in [-0.15, -0.1) is 0 Å². The van der Waals surface area contributed by atoms with Gasteiger partial charge in [0.25, 0.3) is 0 Å². The summed E-state index contributed by atoms with van der Waals surface area (Å²) >= 11 is 6.09. The van der Waals surface area contributed by atoms with E-state index < -0.39 is 28.5 Å². The van der Waals surface area contributed by atoms with E-state index in [1.165, 1.54) is 4.90 Å². The van der Waals surface area contributed by atoms with E-state index in [1.807, 2.05) is 50.2 Å². The molecular weight excluding hydrogens is 534 g/mol. The van der Waals surface area contributed by atoms with Gasteiger partial charge in [-0.2, -0.15) is 0 Å². The molecule has 0 aromatic heterocycles. The molecule has 0 bridgehead atoms. The second-order valence-electron chi connectivity index (χ2n) is 9.73. The average Bonchev–Trinajstić information content (AvgIpc) is 2.90. The molecule has 2 atom stereocenters. The van der Waals surface area contributed by atoms with Gasteiger partial charge in [-0.05, 0) is 55.2 Å². The number of carbonyl (C=O) groups excluding carboxylic acids is 2. The molecule has 208 valence electrons. The fraction of sp³-hybridized carbons (Fsp3) is 0.333. The van der Waals surface area contributed by atoms with Crippen molar-refractivity contribution in [2.75, 3.05) is 17.1 Å². The summed E-state index contributed by atoms with van der Waals surface area (Å²) in [6.45, 7) is 5.33. The van der Waals surface area contributed by atoms with Crippen LogP contribution in [0.3, 0.4) is 0 Å². The van der Waals surface area contributed by atoms with Crippen LogP contribution in [0.25, 0.3) is 0 Å². The summed E-state index contributed by atoms with van der Waals surface area (Å²) in [5, 5.41) is 3.57. The van der Waals surface area contributed by atoms with E-state index in [2.05, 4.69) is 5.32 Å². The molecule has 7 nitrogen and oxygen atoms in total.